The number of hydrogen-bond acceptors (Lipinski definition) is 3. The second-order valence-corrected chi connectivity index (χ2v) is 4.37. The third-order valence-corrected chi connectivity index (χ3v) is 3.10. The lowest BCUT2D eigenvalue weighted by Crippen LogP contribution is -2.39. The molecule has 0 aliphatic carbocycles. The molecule has 1 aliphatic rings. The molecule has 0 saturated heterocycles. The molecule has 1 atom stereocenters. The fraction of sp³-hybridized carbons (Fsp3) is 0.333. The lowest BCUT2D eigenvalue weighted by atomic mass is 9.94. The van der Waals surface area contributed by atoms with Gasteiger partial charge in [-0.25, -0.2) is 0 Å². The first-order chi connectivity index (χ1) is 8.71. The number of fused-ring (bicyclic) bond motifs is 1. The fourth-order valence-corrected chi connectivity index (χ4v) is 1.91. The molecule has 19 heavy (non-hydrogen) atoms. The number of imide groups is 1. The van der Waals surface area contributed by atoms with E-state index >= 15 is 0 Å². The van der Waals surface area contributed by atoms with Crippen molar-refractivity contribution in [2.75, 3.05) is 7.05 Å². The summed E-state index contributed by atoms with van der Waals surface area (Å²) in [5.74, 6) is -0.993. The number of hydrogen-bond donors (Lipinski definition) is 1. The zero-order valence-corrected chi connectivity index (χ0v) is 9.99. The first kappa shape index (κ1) is 13.5. The predicted molar refractivity (Wildman–Crippen MR) is 60.2 cm³/mol. The molecular weight excluding hydrogens is 261 g/mol. The van der Waals surface area contributed by atoms with Crippen molar-refractivity contribution in [3.63, 3.8) is 0 Å². The molecule has 102 valence electrons. The van der Waals surface area contributed by atoms with E-state index < -0.39 is 18.1 Å². The zero-order chi connectivity index (χ0) is 14.4. The van der Waals surface area contributed by atoms with E-state index in [4.69, 9.17) is 5.73 Å². The van der Waals surface area contributed by atoms with Crippen LogP contribution >= 0.6 is 0 Å². The average molecular weight is 272 g/mol. The molecule has 2 rings (SSSR count). The standard InChI is InChI=1S/C12H11F3N2O2/c1-17-9(18)5-6-2-3-7(4-8(6)11(17)19)10(16)12(13,14)15/h2-4,10H,5,16H2,1H3. The van der Waals surface area contributed by atoms with E-state index in [1.54, 1.807) is 0 Å². The molecule has 0 spiro atoms. The van der Waals surface area contributed by atoms with Crippen molar-refractivity contribution in [2.45, 2.75) is 18.6 Å². The van der Waals surface area contributed by atoms with E-state index in [0.717, 1.165) is 11.0 Å². The number of carbonyl (C=O) groups is 2. The Hall–Kier alpha value is -1.89. The lowest BCUT2D eigenvalue weighted by molar-refractivity contribution is -0.149. The highest BCUT2D eigenvalue weighted by atomic mass is 19.4. The Morgan fingerprint density at radius 1 is 1.32 bits per heavy atom. The Balaban J connectivity index is 2.45. The third-order valence-electron chi connectivity index (χ3n) is 3.10. The Morgan fingerprint density at radius 2 is 1.95 bits per heavy atom. The number of halogens is 3. The molecule has 1 heterocycles. The Kier molecular flexibility index (Phi) is 3.09. The van der Waals surface area contributed by atoms with Gasteiger partial charge in [-0.1, -0.05) is 12.1 Å². The monoisotopic (exact) mass is 272 g/mol. The summed E-state index contributed by atoms with van der Waals surface area (Å²) in [6.45, 7) is 0. The van der Waals surface area contributed by atoms with Gasteiger partial charge in [0.05, 0.1) is 6.42 Å². The molecule has 1 unspecified atom stereocenters. The van der Waals surface area contributed by atoms with Crippen molar-refractivity contribution in [3.8, 4) is 0 Å². The molecule has 2 amide bonds. The zero-order valence-electron chi connectivity index (χ0n) is 9.99. The van der Waals surface area contributed by atoms with Crippen molar-refractivity contribution in [1.29, 1.82) is 0 Å². The molecule has 2 N–H and O–H groups in total. The van der Waals surface area contributed by atoms with Crippen LogP contribution in [-0.4, -0.2) is 29.9 Å². The van der Waals surface area contributed by atoms with E-state index in [1.807, 2.05) is 0 Å². The second kappa shape index (κ2) is 4.34. The lowest BCUT2D eigenvalue weighted by Gasteiger charge is -2.24. The number of carbonyl (C=O) groups excluding carboxylic acids is 2. The Bertz CT molecular complexity index is 554. The molecule has 7 heteroatoms. The van der Waals surface area contributed by atoms with Crippen LogP contribution in [0.4, 0.5) is 13.2 Å². The third kappa shape index (κ3) is 2.33. The summed E-state index contributed by atoms with van der Waals surface area (Å²) in [6, 6.07) is 1.51. The van der Waals surface area contributed by atoms with Gasteiger partial charge in [-0.3, -0.25) is 14.5 Å². The average Bonchev–Trinajstić information content (AvgIpc) is 2.34. The summed E-state index contributed by atoms with van der Waals surface area (Å²) in [4.78, 5) is 24.2. The largest absolute Gasteiger partial charge is 0.407 e. The molecule has 0 radical (unpaired) electrons. The quantitative estimate of drug-likeness (QED) is 0.786. The molecule has 4 nitrogen and oxygen atoms in total. The van der Waals surface area contributed by atoms with Crippen molar-refractivity contribution < 1.29 is 22.8 Å². The summed E-state index contributed by atoms with van der Waals surface area (Å²) in [7, 11) is 1.30. The summed E-state index contributed by atoms with van der Waals surface area (Å²) < 4.78 is 37.6. The highest BCUT2D eigenvalue weighted by molar-refractivity contribution is 6.09. The van der Waals surface area contributed by atoms with Crippen LogP contribution in [0.5, 0.6) is 0 Å². The van der Waals surface area contributed by atoms with Crippen LogP contribution in [0, 0.1) is 0 Å². The van der Waals surface area contributed by atoms with Crippen molar-refractivity contribution in [2.24, 2.45) is 5.73 Å². The van der Waals surface area contributed by atoms with Crippen molar-refractivity contribution in [1.82, 2.24) is 4.90 Å². The van der Waals surface area contributed by atoms with Crippen LogP contribution in [0.15, 0.2) is 18.2 Å². The number of rotatable bonds is 1. The van der Waals surface area contributed by atoms with Crippen LogP contribution < -0.4 is 5.73 Å². The molecule has 0 aromatic heterocycles. The topological polar surface area (TPSA) is 63.4 Å². The van der Waals surface area contributed by atoms with Gasteiger partial charge in [-0.2, -0.15) is 13.2 Å². The summed E-state index contributed by atoms with van der Waals surface area (Å²) in [6.07, 6.45) is -4.58. The molecule has 0 fully saturated rings. The van der Waals surface area contributed by atoms with Gasteiger partial charge in [-0.15, -0.1) is 0 Å². The van der Waals surface area contributed by atoms with Gasteiger partial charge in [0.15, 0.2) is 0 Å². The van der Waals surface area contributed by atoms with Crippen molar-refractivity contribution >= 4 is 11.8 Å². The first-order valence-electron chi connectivity index (χ1n) is 5.48. The Morgan fingerprint density at radius 3 is 2.53 bits per heavy atom. The summed E-state index contributed by atoms with van der Waals surface area (Å²) in [5, 5.41) is 0. The normalized spacial score (nSPS) is 17.4. The predicted octanol–water partition coefficient (Wildman–Crippen LogP) is 1.40. The van der Waals surface area contributed by atoms with Gasteiger partial charge in [0.25, 0.3) is 5.91 Å². The molecule has 1 aromatic carbocycles. The number of benzene rings is 1. The second-order valence-electron chi connectivity index (χ2n) is 4.37. The molecule has 0 saturated carbocycles. The van der Waals surface area contributed by atoms with Gasteiger partial charge in [0, 0.05) is 12.6 Å². The number of likely N-dealkylation sites (N-methyl/N-ethyl adjacent to an activating group) is 1. The van der Waals surface area contributed by atoms with Crippen LogP contribution in [0.1, 0.15) is 27.5 Å². The fourth-order valence-electron chi connectivity index (χ4n) is 1.91. The van der Waals surface area contributed by atoms with Gasteiger partial charge in [-0.05, 0) is 17.2 Å². The first-order valence-corrected chi connectivity index (χ1v) is 5.48. The molecule has 1 aromatic rings. The minimum absolute atomic E-state index is 0.000884. The number of nitrogens with zero attached hydrogens (tertiary/aromatic N) is 1. The summed E-state index contributed by atoms with van der Waals surface area (Å²) in [5.41, 5.74) is 5.42. The number of alkyl halides is 3. The number of amides is 2. The van der Waals surface area contributed by atoms with Crippen molar-refractivity contribution in [3.05, 3.63) is 34.9 Å². The Labute approximate surface area is 107 Å². The maximum absolute atomic E-state index is 12.5. The van der Waals surface area contributed by atoms with Gasteiger partial charge >= 0.3 is 6.18 Å². The SMILES string of the molecule is CN1C(=O)Cc2ccc(C(N)C(F)(F)F)cc2C1=O. The van der Waals surface area contributed by atoms with Crippen LogP contribution in [0.2, 0.25) is 0 Å². The minimum atomic E-state index is -4.58. The molecule has 0 bridgehead atoms. The van der Waals surface area contributed by atoms with Gasteiger partial charge < -0.3 is 5.73 Å². The van der Waals surface area contributed by atoms with Crippen LogP contribution in [-0.2, 0) is 11.2 Å². The van der Waals surface area contributed by atoms with Crippen LogP contribution in [0.25, 0.3) is 0 Å². The molecule has 1 aliphatic heterocycles. The minimum Gasteiger partial charge on any atom is -0.316 e. The highest BCUT2D eigenvalue weighted by Crippen LogP contribution is 2.32. The summed E-state index contributed by atoms with van der Waals surface area (Å²) >= 11 is 0. The molecular formula is C12H11F3N2O2. The van der Waals surface area contributed by atoms with E-state index in [2.05, 4.69) is 0 Å². The van der Waals surface area contributed by atoms with E-state index in [9.17, 15) is 22.8 Å². The van der Waals surface area contributed by atoms with Crippen LogP contribution in [0.3, 0.4) is 0 Å². The van der Waals surface area contributed by atoms with Gasteiger partial charge in [0.2, 0.25) is 5.91 Å². The smallest absolute Gasteiger partial charge is 0.316 e. The maximum Gasteiger partial charge on any atom is 0.407 e. The van der Waals surface area contributed by atoms with E-state index in [0.29, 0.717) is 5.56 Å². The maximum atomic E-state index is 12.5. The number of nitrogens with two attached hydrogens (primary N) is 1. The van der Waals surface area contributed by atoms with E-state index in [-0.39, 0.29) is 23.5 Å². The van der Waals surface area contributed by atoms with Gasteiger partial charge in [0.1, 0.15) is 6.04 Å². The highest BCUT2D eigenvalue weighted by Gasteiger charge is 2.39. The van der Waals surface area contributed by atoms with E-state index in [1.165, 1.54) is 19.2 Å².